The van der Waals surface area contributed by atoms with Crippen molar-refractivity contribution in [1.82, 2.24) is 19.3 Å². The zero-order valence-electron chi connectivity index (χ0n) is 12.3. The Labute approximate surface area is 139 Å². The molecule has 0 spiro atoms. The molecule has 7 nitrogen and oxygen atoms in total. The lowest BCUT2D eigenvalue weighted by Crippen LogP contribution is -2.40. The summed E-state index contributed by atoms with van der Waals surface area (Å²) in [5.74, 6) is 0.665. The highest BCUT2D eigenvalue weighted by atomic mass is 79.9. The molecule has 1 aromatic carbocycles. The zero-order valence-corrected chi connectivity index (χ0v) is 13.9. The van der Waals surface area contributed by atoms with Crippen LogP contribution < -0.4 is 11.2 Å². The molecule has 8 heteroatoms. The molecule has 0 saturated heterocycles. The van der Waals surface area contributed by atoms with E-state index in [4.69, 9.17) is 4.52 Å². The van der Waals surface area contributed by atoms with E-state index in [2.05, 4.69) is 26.1 Å². The lowest BCUT2D eigenvalue weighted by Gasteiger charge is -2.10. The maximum atomic E-state index is 12.6. The van der Waals surface area contributed by atoms with Crippen LogP contribution >= 0.6 is 15.9 Å². The fraction of sp³-hybridized carbons (Fsp3) is 0.200. The average molecular weight is 377 g/mol. The highest BCUT2D eigenvalue weighted by Gasteiger charge is 2.13. The third-order valence-corrected chi connectivity index (χ3v) is 3.80. The fourth-order valence-electron chi connectivity index (χ4n) is 2.19. The third kappa shape index (κ3) is 3.31. The van der Waals surface area contributed by atoms with Gasteiger partial charge < -0.3 is 4.52 Å². The zero-order chi connectivity index (χ0) is 16.4. The van der Waals surface area contributed by atoms with Gasteiger partial charge in [-0.15, -0.1) is 0 Å². The average Bonchev–Trinajstić information content (AvgIpc) is 2.95. The topological polar surface area (TPSA) is 82.9 Å². The number of nitrogens with zero attached hydrogens (tertiary/aromatic N) is 4. The molecule has 0 aliphatic heterocycles. The standard InChI is InChI=1S/C15H13BrN4O3/c1-10-17-13(23-18-10)9-20-14(21)12(16)8-19(15(20)22)7-11-5-3-2-4-6-11/h2-6,8H,7,9H2,1H3. The molecule has 0 fully saturated rings. The summed E-state index contributed by atoms with van der Waals surface area (Å²) in [5, 5.41) is 3.66. The second-order valence-corrected chi connectivity index (χ2v) is 5.85. The van der Waals surface area contributed by atoms with E-state index < -0.39 is 11.2 Å². The van der Waals surface area contributed by atoms with E-state index in [1.54, 1.807) is 6.92 Å². The molecule has 3 aromatic rings. The Morgan fingerprint density at radius 3 is 2.57 bits per heavy atom. The number of hydrogen-bond donors (Lipinski definition) is 0. The van der Waals surface area contributed by atoms with Crippen LogP contribution in [-0.4, -0.2) is 19.3 Å². The molecule has 3 rings (SSSR count). The monoisotopic (exact) mass is 376 g/mol. The molecule has 0 aliphatic carbocycles. The van der Waals surface area contributed by atoms with Crippen molar-refractivity contribution in [1.29, 1.82) is 0 Å². The molecule has 118 valence electrons. The minimum atomic E-state index is -0.435. The van der Waals surface area contributed by atoms with Crippen LogP contribution in [0.1, 0.15) is 17.3 Å². The molecule has 2 aromatic heterocycles. The number of halogens is 1. The summed E-state index contributed by atoms with van der Waals surface area (Å²) in [6.45, 7) is 1.97. The summed E-state index contributed by atoms with van der Waals surface area (Å²) in [4.78, 5) is 28.8. The van der Waals surface area contributed by atoms with Gasteiger partial charge in [0.05, 0.1) is 11.0 Å². The van der Waals surface area contributed by atoms with Crippen molar-refractivity contribution in [2.24, 2.45) is 0 Å². The fourth-order valence-corrected chi connectivity index (χ4v) is 2.65. The van der Waals surface area contributed by atoms with Gasteiger partial charge >= 0.3 is 5.69 Å². The SMILES string of the molecule is Cc1noc(Cn2c(=O)c(Br)cn(Cc3ccccc3)c2=O)n1. The van der Waals surface area contributed by atoms with Crippen molar-refractivity contribution in [3.8, 4) is 0 Å². The van der Waals surface area contributed by atoms with Crippen LogP contribution in [-0.2, 0) is 13.1 Å². The number of hydrogen-bond acceptors (Lipinski definition) is 5. The van der Waals surface area contributed by atoms with Gasteiger partial charge in [0.2, 0.25) is 5.89 Å². The van der Waals surface area contributed by atoms with Crippen molar-refractivity contribution < 1.29 is 4.52 Å². The van der Waals surface area contributed by atoms with E-state index in [-0.39, 0.29) is 12.4 Å². The number of aryl methyl sites for hydroxylation is 1. The first-order valence-electron chi connectivity index (χ1n) is 6.87. The van der Waals surface area contributed by atoms with E-state index in [0.717, 1.165) is 10.1 Å². The summed E-state index contributed by atoms with van der Waals surface area (Å²) < 4.78 is 7.82. The maximum Gasteiger partial charge on any atom is 0.331 e. The van der Waals surface area contributed by atoms with Crippen LogP contribution in [0.3, 0.4) is 0 Å². The van der Waals surface area contributed by atoms with Crippen LogP contribution in [0, 0.1) is 6.92 Å². The van der Waals surface area contributed by atoms with E-state index in [1.807, 2.05) is 30.3 Å². The molecular weight excluding hydrogens is 364 g/mol. The van der Waals surface area contributed by atoms with Crippen molar-refractivity contribution in [2.45, 2.75) is 20.0 Å². The normalized spacial score (nSPS) is 10.9. The molecule has 0 amide bonds. The smallest absolute Gasteiger partial charge is 0.331 e. The minimum Gasteiger partial charge on any atom is -0.337 e. The number of rotatable bonds is 4. The molecule has 0 atom stereocenters. The predicted molar refractivity (Wildman–Crippen MR) is 86.3 cm³/mol. The second kappa shape index (κ2) is 6.33. The Balaban J connectivity index is 2.02. The minimum absolute atomic E-state index is 0.0628. The lowest BCUT2D eigenvalue weighted by atomic mass is 10.2. The van der Waals surface area contributed by atoms with Gasteiger partial charge in [0, 0.05) is 6.20 Å². The Morgan fingerprint density at radius 1 is 1.17 bits per heavy atom. The molecule has 0 bridgehead atoms. The Kier molecular flexibility index (Phi) is 4.24. The summed E-state index contributed by atoms with van der Waals surface area (Å²) in [7, 11) is 0. The summed E-state index contributed by atoms with van der Waals surface area (Å²) in [5.41, 5.74) is 0.0911. The van der Waals surface area contributed by atoms with Crippen molar-refractivity contribution >= 4 is 15.9 Å². The summed E-state index contributed by atoms with van der Waals surface area (Å²) in [6, 6.07) is 9.52. The van der Waals surface area contributed by atoms with Gasteiger partial charge in [-0.25, -0.2) is 9.36 Å². The molecule has 0 N–H and O–H groups in total. The summed E-state index contributed by atoms with van der Waals surface area (Å²) >= 11 is 3.20. The molecule has 0 radical (unpaired) electrons. The quantitative estimate of drug-likeness (QED) is 0.689. The number of aromatic nitrogens is 4. The first-order chi connectivity index (χ1) is 11.0. The van der Waals surface area contributed by atoms with Crippen LogP contribution in [0.4, 0.5) is 0 Å². The molecule has 23 heavy (non-hydrogen) atoms. The van der Waals surface area contributed by atoms with Crippen molar-refractivity contribution in [2.75, 3.05) is 0 Å². The maximum absolute atomic E-state index is 12.6. The van der Waals surface area contributed by atoms with Gasteiger partial charge in [-0.3, -0.25) is 9.36 Å². The van der Waals surface area contributed by atoms with Gasteiger partial charge in [0.15, 0.2) is 5.82 Å². The van der Waals surface area contributed by atoms with E-state index in [9.17, 15) is 9.59 Å². The molecule has 0 saturated carbocycles. The van der Waals surface area contributed by atoms with Crippen molar-refractivity contribution in [3.05, 3.63) is 79.1 Å². The second-order valence-electron chi connectivity index (χ2n) is 5.00. The van der Waals surface area contributed by atoms with Gasteiger partial charge in [-0.05, 0) is 28.4 Å². The highest BCUT2D eigenvalue weighted by Crippen LogP contribution is 2.05. The predicted octanol–water partition coefficient (Wildman–Crippen LogP) is 1.56. The van der Waals surface area contributed by atoms with E-state index >= 15 is 0 Å². The van der Waals surface area contributed by atoms with Gasteiger partial charge in [-0.1, -0.05) is 35.5 Å². The van der Waals surface area contributed by atoms with Crippen LogP contribution in [0.25, 0.3) is 0 Å². The summed E-state index contributed by atoms with van der Waals surface area (Å²) in [6.07, 6.45) is 1.49. The third-order valence-electron chi connectivity index (χ3n) is 3.25. The highest BCUT2D eigenvalue weighted by molar-refractivity contribution is 9.10. The first kappa shape index (κ1) is 15.4. The Hall–Kier alpha value is -2.48. The first-order valence-corrected chi connectivity index (χ1v) is 7.67. The molecular formula is C15H13BrN4O3. The van der Waals surface area contributed by atoms with Gasteiger partial charge in [0.25, 0.3) is 5.56 Å². The molecule has 2 heterocycles. The largest absolute Gasteiger partial charge is 0.337 e. The van der Waals surface area contributed by atoms with Gasteiger partial charge in [-0.2, -0.15) is 4.98 Å². The van der Waals surface area contributed by atoms with Gasteiger partial charge in [0.1, 0.15) is 6.54 Å². The molecule has 0 aliphatic rings. The molecule has 0 unspecified atom stereocenters. The lowest BCUT2D eigenvalue weighted by molar-refractivity contribution is 0.362. The number of benzene rings is 1. The van der Waals surface area contributed by atoms with Crippen molar-refractivity contribution in [3.63, 3.8) is 0 Å². The Morgan fingerprint density at radius 2 is 1.91 bits per heavy atom. The van der Waals surface area contributed by atoms with Crippen LogP contribution in [0.15, 0.2) is 55.1 Å². The van der Waals surface area contributed by atoms with Crippen LogP contribution in [0.2, 0.25) is 0 Å². The van der Waals surface area contributed by atoms with E-state index in [0.29, 0.717) is 16.8 Å². The van der Waals surface area contributed by atoms with Crippen LogP contribution in [0.5, 0.6) is 0 Å². The van der Waals surface area contributed by atoms with E-state index in [1.165, 1.54) is 10.8 Å². The Bertz CT molecular complexity index is 943.